The Morgan fingerprint density at radius 2 is 2.00 bits per heavy atom. The van der Waals surface area contributed by atoms with Gasteiger partial charge in [-0.05, 0) is 29.8 Å². The number of hydrogen-bond acceptors (Lipinski definition) is 6. The predicted octanol–water partition coefficient (Wildman–Crippen LogP) is 3.08. The first kappa shape index (κ1) is 24.0. The van der Waals surface area contributed by atoms with E-state index in [-0.39, 0.29) is 24.6 Å². The Hall–Kier alpha value is -3.62. The molecule has 1 unspecified atom stereocenters. The van der Waals surface area contributed by atoms with Crippen molar-refractivity contribution in [3.05, 3.63) is 83.7 Å². The quantitative estimate of drug-likeness (QED) is 0.386. The topological polar surface area (TPSA) is 115 Å². The fourth-order valence-electron chi connectivity index (χ4n) is 3.18. The minimum Gasteiger partial charge on any atom is -0.456 e. The molecule has 0 aromatic heterocycles. The fraction of sp³-hybridized carbons (Fsp3) is 0.208. The molecule has 1 heterocycles. The highest BCUT2D eigenvalue weighted by atomic mass is 35.5. The second-order valence-electron chi connectivity index (χ2n) is 7.28. The van der Waals surface area contributed by atoms with E-state index in [9.17, 15) is 9.59 Å². The summed E-state index contributed by atoms with van der Waals surface area (Å²) < 4.78 is 11.2. The lowest BCUT2D eigenvalue weighted by atomic mass is 9.96. The fourth-order valence-corrected chi connectivity index (χ4v) is 3.35. The van der Waals surface area contributed by atoms with Gasteiger partial charge in [-0.15, -0.1) is 0 Å². The second kappa shape index (κ2) is 11.3. The van der Waals surface area contributed by atoms with Crippen LogP contribution in [-0.4, -0.2) is 36.8 Å². The van der Waals surface area contributed by atoms with Gasteiger partial charge in [0, 0.05) is 38.2 Å². The van der Waals surface area contributed by atoms with Crippen molar-refractivity contribution in [2.24, 2.45) is 10.7 Å². The SMILES string of the molecule is C=CN=C/C(=C\N)C(=O)NC1(C(=O)NCc2ccc(Oc3ccccc3Cl)cc2)CCOC1. The monoisotopic (exact) mass is 468 g/mol. The highest BCUT2D eigenvalue weighted by Gasteiger charge is 2.43. The van der Waals surface area contributed by atoms with E-state index < -0.39 is 11.4 Å². The molecule has 8 nitrogen and oxygen atoms in total. The smallest absolute Gasteiger partial charge is 0.255 e. The maximum Gasteiger partial charge on any atom is 0.255 e. The van der Waals surface area contributed by atoms with Crippen LogP contribution in [-0.2, 0) is 20.9 Å². The average Bonchev–Trinajstić information content (AvgIpc) is 3.30. The van der Waals surface area contributed by atoms with Gasteiger partial charge >= 0.3 is 0 Å². The van der Waals surface area contributed by atoms with E-state index in [1.807, 2.05) is 24.3 Å². The molecule has 0 spiro atoms. The summed E-state index contributed by atoms with van der Waals surface area (Å²) in [4.78, 5) is 29.4. The molecular weight excluding hydrogens is 444 g/mol. The number of nitrogens with one attached hydrogen (secondary N) is 2. The number of ether oxygens (including phenoxy) is 2. The Labute approximate surface area is 197 Å². The number of nitrogens with two attached hydrogens (primary N) is 1. The summed E-state index contributed by atoms with van der Waals surface area (Å²) in [5, 5.41) is 6.13. The molecule has 2 aromatic carbocycles. The highest BCUT2D eigenvalue weighted by Crippen LogP contribution is 2.29. The van der Waals surface area contributed by atoms with Crippen LogP contribution in [0.15, 0.2) is 78.1 Å². The van der Waals surface area contributed by atoms with Gasteiger partial charge < -0.3 is 25.8 Å². The molecule has 2 amide bonds. The molecule has 1 atom stereocenters. The normalized spacial score (nSPS) is 18.2. The van der Waals surface area contributed by atoms with Crippen LogP contribution in [0.2, 0.25) is 5.02 Å². The van der Waals surface area contributed by atoms with E-state index in [2.05, 4.69) is 22.2 Å². The molecule has 0 saturated carbocycles. The van der Waals surface area contributed by atoms with Crippen molar-refractivity contribution in [3.63, 3.8) is 0 Å². The van der Waals surface area contributed by atoms with Gasteiger partial charge in [-0.1, -0.05) is 42.4 Å². The first-order valence-electron chi connectivity index (χ1n) is 10.2. The van der Waals surface area contributed by atoms with Crippen molar-refractivity contribution in [1.82, 2.24) is 10.6 Å². The Kier molecular flexibility index (Phi) is 8.23. The van der Waals surface area contributed by atoms with E-state index in [1.165, 1.54) is 12.4 Å². The molecule has 1 saturated heterocycles. The molecule has 1 aliphatic rings. The first-order valence-corrected chi connectivity index (χ1v) is 10.6. The van der Waals surface area contributed by atoms with Crippen molar-refractivity contribution >= 4 is 29.6 Å². The number of para-hydroxylation sites is 1. The predicted molar refractivity (Wildman–Crippen MR) is 127 cm³/mol. The van der Waals surface area contributed by atoms with Crippen molar-refractivity contribution < 1.29 is 19.1 Å². The summed E-state index contributed by atoms with van der Waals surface area (Å²) in [7, 11) is 0. The van der Waals surface area contributed by atoms with Crippen molar-refractivity contribution in [2.75, 3.05) is 13.2 Å². The molecule has 2 aromatic rings. The zero-order valence-electron chi connectivity index (χ0n) is 17.9. The summed E-state index contributed by atoms with van der Waals surface area (Å²) in [5.74, 6) is 0.308. The van der Waals surface area contributed by atoms with Crippen LogP contribution < -0.4 is 21.1 Å². The van der Waals surface area contributed by atoms with Gasteiger partial charge in [0.15, 0.2) is 0 Å². The number of nitrogens with zero attached hydrogens (tertiary/aromatic N) is 1. The molecule has 0 aliphatic carbocycles. The van der Waals surface area contributed by atoms with Crippen LogP contribution in [0.1, 0.15) is 12.0 Å². The molecule has 172 valence electrons. The lowest BCUT2D eigenvalue weighted by Crippen LogP contribution is -2.59. The maximum atomic E-state index is 13.0. The minimum atomic E-state index is -1.19. The van der Waals surface area contributed by atoms with Gasteiger partial charge in [-0.2, -0.15) is 0 Å². The lowest BCUT2D eigenvalue weighted by Gasteiger charge is -2.27. The van der Waals surface area contributed by atoms with Crippen LogP contribution in [0.5, 0.6) is 11.5 Å². The van der Waals surface area contributed by atoms with Crippen LogP contribution in [0, 0.1) is 0 Å². The minimum absolute atomic E-state index is 0.0611. The molecule has 1 fully saturated rings. The van der Waals surface area contributed by atoms with Crippen LogP contribution in [0.25, 0.3) is 0 Å². The highest BCUT2D eigenvalue weighted by molar-refractivity contribution is 6.32. The third-order valence-electron chi connectivity index (χ3n) is 5.01. The van der Waals surface area contributed by atoms with E-state index in [0.29, 0.717) is 29.5 Å². The van der Waals surface area contributed by atoms with Crippen LogP contribution >= 0.6 is 11.6 Å². The number of amides is 2. The Bertz CT molecular complexity index is 1060. The van der Waals surface area contributed by atoms with E-state index >= 15 is 0 Å². The van der Waals surface area contributed by atoms with Crippen molar-refractivity contribution in [1.29, 1.82) is 0 Å². The van der Waals surface area contributed by atoms with E-state index in [0.717, 1.165) is 11.8 Å². The summed E-state index contributed by atoms with van der Waals surface area (Å²) >= 11 is 6.12. The van der Waals surface area contributed by atoms with Crippen LogP contribution in [0.4, 0.5) is 0 Å². The number of rotatable bonds is 9. The van der Waals surface area contributed by atoms with E-state index in [1.54, 1.807) is 24.3 Å². The molecule has 0 bridgehead atoms. The Morgan fingerprint density at radius 3 is 2.64 bits per heavy atom. The zero-order chi connectivity index (χ0) is 23.7. The third kappa shape index (κ3) is 6.21. The first-order chi connectivity index (χ1) is 16.0. The summed E-state index contributed by atoms with van der Waals surface area (Å²) in [5.41, 5.74) is 5.29. The van der Waals surface area contributed by atoms with Gasteiger partial charge in [0.2, 0.25) is 5.91 Å². The standard InChI is InChI=1S/C24H25ClN4O4/c1-2-27-15-18(13-26)22(30)29-24(11-12-32-16-24)23(31)28-14-17-7-9-19(10-8-17)33-21-6-4-3-5-20(21)25/h2-10,13,15H,1,11-12,14,16,26H2,(H,28,31)(H,29,30)/b18-13+,27-15?. The van der Waals surface area contributed by atoms with Crippen molar-refractivity contribution in [3.8, 4) is 11.5 Å². The number of carbonyl (C=O) groups is 2. The number of aliphatic imine (C=N–C) groups is 1. The number of benzene rings is 2. The Balaban J connectivity index is 1.62. The Morgan fingerprint density at radius 1 is 1.24 bits per heavy atom. The van der Waals surface area contributed by atoms with Gasteiger partial charge in [0.25, 0.3) is 5.91 Å². The third-order valence-corrected chi connectivity index (χ3v) is 5.32. The lowest BCUT2D eigenvalue weighted by molar-refractivity contribution is -0.132. The van der Waals surface area contributed by atoms with Gasteiger partial charge in [0.1, 0.15) is 17.0 Å². The average molecular weight is 469 g/mol. The number of halogens is 1. The molecule has 3 rings (SSSR count). The molecule has 33 heavy (non-hydrogen) atoms. The summed E-state index contributed by atoms with van der Waals surface area (Å²) in [6.45, 7) is 4.14. The largest absolute Gasteiger partial charge is 0.456 e. The molecular formula is C24H25ClN4O4. The van der Waals surface area contributed by atoms with Gasteiger partial charge in [-0.3, -0.25) is 14.6 Å². The van der Waals surface area contributed by atoms with Crippen molar-refractivity contribution in [2.45, 2.75) is 18.5 Å². The maximum absolute atomic E-state index is 13.0. The molecule has 1 aliphatic heterocycles. The summed E-state index contributed by atoms with van der Waals surface area (Å²) in [6.07, 6.45) is 4.01. The molecule has 9 heteroatoms. The van der Waals surface area contributed by atoms with Gasteiger partial charge in [-0.25, -0.2) is 0 Å². The second-order valence-corrected chi connectivity index (χ2v) is 7.69. The van der Waals surface area contributed by atoms with E-state index in [4.69, 9.17) is 26.8 Å². The zero-order valence-corrected chi connectivity index (χ0v) is 18.7. The number of hydrogen-bond donors (Lipinski definition) is 3. The summed E-state index contributed by atoms with van der Waals surface area (Å²) in [6, 6.07) is 14.5. The number of carbonyl (C=O) groups excluding carboxylic acids is 2. The molecule has 0 radical (unpaired) electrons. The van der Waals surface area contributed by atoms with Gasteiger partial charge in [0.05, 0.1) is 17.2 Å². The van der Waals surface area contributed by atoms with Crippen LogP contribution in [0.3, 0.4) is 0 Å². The molecule has 4 N–H and O–H groups in total.